The normalized spacial score (nSPS) is 18.8. The molecule has 21 heavy (non-hydrogen) atoms. The zero-order valence-electron chi connectivity index (χ0n) is 13.1. The number of unbranched alkanes of at least 4 members (excludes halogenated alkanes) is 1. The third-order valence-corrected chi connectivity index (χ3v) is 4.13. The second kappa shape index (κ2) is 8.83. The van der Waals surface area contributed by atoms with Crippen molar-refractivity contribution < 1.29 is 9.53 Å². The molecule has 1 heterocycles. The van der Waals surface area contributed by atoms with Crippen LogP contribution in [-0.4, -0.2) is 36.6 Å². The third-order valence-electron chi connectivity index (χ3n) is 4.13. The van der Waals surface area contributed by atoms with Gasteiger partial charge >= 0.3 is 5.97 Å². The highest BCUT2D eigenvalue weighted by atomic mass is 16.5. The van der Waals surface area contributed by atoms with E-state index >= 15 is 0 Å². The van der Waals surface area contributed by atoms with Gasteiger partial charge in [0, 0.05) is 0 Å². The molecule has 3 nitrogen and oxygen atoms in total. The Morgan fingerprint density at radius 1 is 1.29 bits per heavy atom. The lowest BCUT2D eigenvalue weighted by Gasteiger charge is -2.22. The van der Waals surface area contributed by atoms with Gasteiger partial charge in [-0.1, -0.05) is 43.7 Å². The molecule has 0 radical (unpaired) electrons. The van der Waals surface area contributed by atoms with Crippen LogP contribution in [0.3, 0.4) is 0 Å². The Morgan fingerprint density at radius 2 is 2.10 bits per heavy atom. The van der Waals surface area contributed by atoms with Gasteiger partial charge in [-0.25, -0.2) is 0 Å². The van der Waals surface area contributed by atoms with Crippen LogP contribution in [0.1, 0.15) is 44.6 Å². The van der Waals surface area contributed by atoms with E-state index in [2.05, 4.69) is 24.0 Å². The number of rotatable bonds is 8. The summed E-state index contributed by atoms with van der Waals surface area (Å²) >= 11 is 0. The van der Waals surface area contributed by atoms with Crippen molar-refractivity contribution in [2.75, 3.05) is 19.7 Å². The molecule has 0 aliphatic carbocycles. The summed E-state index contributed by atoms with van der Waals surface area (Å²) in [6, 6.07) is 10.4. The first-order valence-corrected chi connectivity index (χ1v) is 8.26. The highest BCUT2D eigenvalue weighted by Gasteiger charge is 2.31. The minimum Gasteiger partial charge on any atom is -0.465 e. The summed E-state index contributed by atoms with van der Waals surface area (Å²) in [7, 11) is 0. The van der Waals surface area contributed by atoms with E-state index in [1.54, 1.807) is 0 Å². The van der Waals surface area contributed by atoms with Gasteiger partial charge in [0.25, 0.3) is 0 Å². The average Bonchev–Trinajstić information content (AvgIpc) is 2.99. The van der Waals surface area contributed by atoms with Gasteiger partial charge in [0.15, 0.2) is 0 Å². The molecule has 2 rings (SSSR count). The lowest BCUT2D eigenvalue weighted by atomic mass is 10.1. The van der Waals surface area contributed by atoms with E-state index in [1.807, 2.05) is 18.2 Å². The maximum absolute atomic E-state index is 12.2. The SMILES string of the molecule is CCCCN1CCCC1C(=O)OCCCc1ccccc1. The van der Waals surface area contributed by atoms with Gasteiger partial charge in [0.2, 0.25) is 0 Å². The summed E-state index contributed by atoms with van der Waals surface area (Å²) < 4.78 is 5.48. The Hall–Kier alpha value is -1.35. The number of likely N-dealkylation sites (tertiary alicyclic amines) is 1. The summed E-state index contributed by atoms with van der Waals surface area (Å²) in [5.41, 5.74) is 1.30. The number of carbonyl (C=O) groups is 1. The van der Waals surface area contributed by atoms with Crippen molar-refractivity contribution >= 4 is 5.97 Å². The van der Waals surface area contributed by atoms with Crippen LogP contribution >= 0.6 is 0 Å². The van der Waals surface area contributed by atoms with Crippen LogP contribution in [-0.2, 0) is 16.0 Å². The van der Waals surface area contributed by atoms with Gasteiger partial charge in [0.05, 0.1) is 6.61 Å². The highest BCUT2D eigenvalue weighted by Crippen LogP contribution is 2.19. The number of benzene rings is 1. The quantitative estimate of drug-likeness (QED) is 0.542. The molecule has 0 amide bonds. The molecule has 1 aromatic carbocycles. The second-order valence-electron chi connectivity index (χ2n) is 5.80. The molecule has 116 valence electrons. The predicted molar refractivity (Wildman–Crippen MR) is 85.2 cm³/mol. The van der Waals surface area contributed by atoms with Gasteiger partial charge in [-0.2, -0.15) is 0 Å². The van der Waals surface area contributed by atoms with Crippen LogP contribution in [0.15, 0.2) is 30.3 Å². The Labute approximate surface area is 128 Å². The molecule has 0 aromatic heterocycles. The lowest BCUT2D eigenvalue weighted by Crippen LogP contribution is -2.38. The number of esters is 1. The Balaban J connectivity index is 1.66. The molecule has 0 bridgehead atoms. The monoisotopic (exact) mass is 289 g/mol. The van der Waals surface area contributed by atoms with E-state index < -0.39 is 0 Å². The molecule has 0 spiro atoms. The van der Waals surface area contributed by atoms with Crippen molar-refractivity contribution in [3.05, 3.63) is 35.9 Å². The standard InChI is InChI=1S/C18H27NO2/c1-2-3-13-19-14-7-12-17(19)18(20)21-15-8-11-16-9-5-4-6-10-16/h4-6,9-10,17H,2-3,7-8,11-15H2,1H3. The van der Waals surface area contributed by atoms with Crippen LogP contribution < -0.4 is 0 Å². The predicted octanol–water partition coefficient (Wildman–Crippen LogP) is 3.43. The first kappa shape index (κ1) is 16.0. The molecule has 1 aliphatic heterocycles. The number of aryl methyl sites for hydroxylation is 1. The molecule has 1 saturated heterocycles. The topological polar surface area (TPSA) is 29.5 Å². The van der Waals surface area contributed by atoms with Crippen molar-refractivity contribution in [2.24, 2.45) is 0 Å². The van der Waals surface area contributed by atoms with Gasteiger partial charge in [-0.15, -0.1) is 0 Å². The number of ether oxygens (including phenoxy) is 1. The van der Waals surface area contributed by atoms with Crippen LogP contribution in [0, 0.1) is 0 Å². The van der Waals surface area contributed by atoms with Gasteiger partial charge in [-0.3, -0.25) is 9.69 Å². The summed E-state index contributed by atoms with van der Waals surface area (Å²) in [6.07, 6.45) is 6.29. The van der Waals surface area contributed by atoms with E-state index in [0.29, 0.717) is 6.61 Å². The average molecular weight is 289 g/mol. The van der Waals surface area contributed by atoms with Gasteiger partial charge in [-0.05, 0) is 50.8 Å². The number of hydrogen-bond donors (Lipinski definition) is 0. The van der Waals surface area contributed by atoms with Crippen LogP contribution in [0.4, 0.5) is 0 Å². The van der Waals surface area contributed by atoms with E-state index in [1.165, 1.54) is 12.0 Å². The van der Waals surface area contributed by atoms with E-state index in [4.69, 9.17) is 4.74 Å². The Bertz CT molecular complexity index is 418. The molecule has 0 N–H and O–H groups in total. The number of carbonyl (C=O) groups excluding carboxylic acids is 1. The van der Waals surface area contributed by atoms with Crippen LogP contribution in [0.2, 0.25) is 0 Å². The van der Waals surface area contributed by atoms with Gasteiger partial charge in [0.1, 0.15) is 6.04 Å². The van der Waals surface area contributed by atoms with Crippen LogP contribution in [0.5, 0.6) is 0 Å². The molecule has 0 saturated carbocycles. The molecular weight excluding hydrogens is 262 g/mol. The molecule has 1 aliphatic rings. The zero-order chi connectivity index (χ0) is 14.9. The fraction of sp³-hybridized carbons (Fsp3) is 0.611. The highest BCUT2D eigenvalue weighted by molar-refractivity contribution is 5.76. The summed E-state index contributed by atoms with van der Waals surface area (Å²) in [4.78, 5) is 14.5. The van der Waals surface area contributed by atoms with Crippen molar-refractivity contribution in [2.45, 2.75) is 51.5 Å². The Morgan fingerprint density at radius 3 is 2.86 bits per heavy atom. The zero-order valence-corrected chi connectivity index (χ0v) is 13.1. The third kappa shape index (κ3) is 5.16. The van der Waals surface area contributed by atoms with Gasteiger partial charge < -0.3 is 4.74 Å². The first-order valence-electron chi connectivity index (χ1n) is 8.26. The van der Waals surface area contributed by atoms with E-state index in [9.17, 15) is 4.79 Å². The van der Waals surface area contributed by atoms with Crippen molar-refractivity contribution in [3.63, 3.8) is 0 Å². The molecular formula is C18H27NO2. The first-order chi connectivity index (χ1) is 10.3. The maximum Gasteiger partial charge on any atom is 0.323 e. The summed E-state index contributed by atoms with van der Waals surface area (Å²) in [5, 5.41) is 0. The number of hydrogen-bond acceptors (Lipinski definition) is 3. The van der Waals surface area contributed by atoms with E-state index in [-0.39, 0.29) is 12.0 Å². The second-order valence-corrected chi connectivity index (χ2v) is 5.80. The summed E-state index contributed by atoms with van der Waals surface area (Å²) in [5.74, 6) is -0.0170. The Kier molecular flexibility index (Phi) is 6.74. The molecule has 1 aromatic rings. The maximum atomic E-state index is 12.2. The smallest absolute Gasteiger partial charge is 0.323 e. The largest absolute Gasteiger partial charge is 0.465 e. The van der Waals surface area contributed by atoms with Crippen LogP contribution in [0.25, 0.3) is 0 Å². The lowest BCUT2D eigenvalue weighted by molar-refractivity contribution is -0.149. The fourth-order valence-corrected chi connectivity index (χ4v) is 2.91. The molecule has 1 fully saturated rings. The van der Waals surface area contributed by atoms with Crippen molar-refractivity contribution in [1.29, 1.82) is 0 Å². The molecule has 1 atom stereocenters. The van der Waals surface area contributed by atoms with Crippen molar-refractivity contribution in [1.82, 2.24) is 4.90 Å². The molecule has 3 heteroatoms. The van der Waals surface area contributed by atoms with Crippen molar-refractivity contribution in [3.8, 4) is 0 Å². The minimum absolute atomic E-state index is 0.00766. The fourth-order valence-electron chi connectivity index (χ4n) is 2.91. The summed E-state index contributed by atoms with van der Waals surface area (Å²) in [6.45, 7) is 4.79. The number of nitrogens with zero attached hydrogens (tertiary/aromatic N) is 1. The van der Waals surface area contributed by atoms with E-state index in [0.717, 1.165) is 45.2 Å². The minimum atomic E-state index is -0.0170. The molecule has 1 unspecified atom stereocenters.